The Hall–Kier alpha value is -0.410. The topological polar surface area (TPSA) is 57.5 Å². The van der Waals surface area contributed by atoms with Crippen molar-refractivity contribution in [2.45, 2.75) is 77.2 Å². The average Bonchev–Trinajstić information content (AvgIpc) is 2.90. The zero-order chi connectivity index (χ0) is 17.1. The molecule has 136 valence electrons. The van der Waals surface area contributed by atoms with Gasteiger partial charge in [-0.15, -0.1) is 0 Å². The Morgan fingerprint density at radius 1 is 0.958 bits per heavy atom. The molecule has 3 heteroatoms. The van der Waals surface area contributed by atoms with Gasteiger partial charge in [-0.2, -0.15) is 0 Å². The lowest BCUT2D eigenvalue weighted by atomic mass is 9.49. The Bertz CT molecular complexity index is 513. The summed E-state index contributed by atoms with van der Waals surface area (Å²) in [6, 6.07) is 0. The zero-order valence-corrected chi connectivity index (χ0v) is 15.3. The molecule has 4 aliphatic carbocycles. The number of aliphatic hydroxyl groups excluding tert-OH is 1. The van der Waals surface area contributed by atoms with E-state index in [1.54, 1.807) is 0 Å². The smallest absolute Gasteiger partial charge is 0.161 e. The van der Waals surface area contributed by atoms with Gasteiger partial charge in [0.1, 0.15) is 6.61 Å². The highest BCUT2D eigenvalue weighted by atomic mass is 16.3. The molecular formula is C21H34O3. The first-order valence-electron chi connectivity index (χ1n) is 10.2. The molecule has 0 aromatic carbocycles. The average molecular weight is 335 g/mol. The first-order valence-corrected chi connectivity index (χ1v) is 10.2. The second-order valence-electron chi connectivity index (χ2n) is 9.97. The van der Waals surface area contributed by atoms with Crippen LogP contribution >= 0.6 is 0 Å². The minimum absolute atomic E-state index is 0.0841. The van der Waals surface area contributed by atoms with Gasteiger partial charge in [0, 0.05) is 5.92 Å². The van der Waals surface area contributed by atoms with Crippen molar-refractivity contribution >= 4 is 5.78 Å². The monoisotopic (exact) mass is 334 g/mol. The molecular weight excluding hydrogens is 300 g/mol. The predicted octanol–water partition coefficient (Wildman–Crippen LogP) is 3.57. The van der Waals surface area contributed by atoms with Gasteiger partial charge in [0.25, 0.3) is 0 Å². The van der Waals surface area contributed by atoms with E-state index in [-0.39, 0.29) is 23.7 Å². The molecule has 0 radical (unpaired) electrons. The number of carbonyl (C=O) groups excluding carboxylic acids is 1. The first kappa shape index (κ1) is 17.0. The summed E-state index contributed by atoms with van der Waals surface area (Å²) in [5, 5.41) is 19.8. The molecule has 8 atom stereocenters. The lowest BCUT2D eigenvalue weighted by molar-refractivity contribution is -0.134. The van der Waals surface area contributed by atoms with Crippen LogP contribution in [0.1, 0.15) is 71.6 Å². The van der Waals surface area contributed by atoms with Gasteiger partial charge in [-0.05, 0) is 99.7 Å². The van der Waals surface area contributed by atoms with Crippen molar-refractivity contribution in [3.8, 4) is 0 Å². The number of ketones is 1. The Morgan fingerprint density at radius 3 is 2.46 bits per heavy atom. The van der Waals surface area contributed by atoms with E-state index < -0.39 is 5.60 Å². The summed E-state index contributed by atoms with van der Waals surface area (Å²) in [6.07, 6.45) is 10.3. The molecule has 4 aliphatic rings. The number of carbonyl (C=O) groups is 1. The third-order valence-electron chi connectivity index (χ3n) is 8.78. The fourth-order valence-electron chi connectivity index (χ4n) is 7.72. The Kier molecular flexibility index (Phi) is 4.12. The van der Waals surface area contributed by atoms with Gasteiger partial charge in [0.2, 0.25) is 0 Å². The van der Waals surface area contributed by atoms with Crippen LogP contribution < -0.4 is 0 Å². The van der Waals surface area contributed by atoms with E-state index in [0.717, 1.165) is 49.4 Å². The van der Waals surface area contributed by atoms with Crippen molar-refractivity contribution in [2.75, 3.05) is 6.61 Å². The molecule has 0 saturated heterocycles. The van der Waals surface area contributed by atoms with E-state index in [1.165, 1.54) is 32.1 Å². The van der Waals surface area contributed by atoms with Crippen LogP contribution in [-0.4, -0.2) is 28.2 Å². The SMILES string of the molecule is C[C@]1(O)CC[C@H]2[C@@H](CC[C@@H]3[C@@H]2CC[C@]2(C)[C@@H](C(=O)CO)CC[C@@H]32)C1. The molecule has 4 saturated carbocycles. The van der Waals surface area contributed by atoms with Crippen LogP contribution in [0, 0.1) is 40.9 Å². The van der Waals surface area contributed by atoms with Crippen molar-refractivity contribution < 1.29 is 15.0 Å². The summed E-state index contributed by atoms with van der Waals surface area (Å²) in [5.74, 6) is 3.99. The largest absolute Gasteiger partial charge is 0.390 e. The Labute approximate surface area is 146 Å². The van der Waals surface area contributed by atoms with Crippen molar-refractivity contribution in [1.29, 1.82) is 0 Å². The molecule has 4 rings (SSSR count). The lowest BCUT2D eigenvalue weighted by Crippen LogP contribution is -2.51. The van der Waals surface area contributed by atoms with Crippen molar-refractivity contribution in [3.05, 3.63) is 0 Å². The summed E-state index contributed by atoms with van der Waals surface area (Å²) >= 11 is 0. The summed E-state index contributed by atoms with van der Waals surface area (Å²) in [6.45, 7) is 4.09. The summed E-state index contributed by atoms with van der Waals surface area (Å²) in [7, 11) is 0. The minimum Gasteiger partial charge on any atom is -0.390 e. The fourth-order valence-corrected chi connectivity index (χ4v) is 7.72. The molecule has 3 nitrogen and oxygen atoms in total. The molecule has 0 heterocycles. The fraction of sp³-hybridized carbons (Fsp3) is 0.952. The first-order chi connectivity index (χ1) is 11.4. The van der Waals surface area contributed by atoms with E-state index in [1.807, 2.05) is 6.92 Å². The summed E-state index contributed by atoms with van der Waals surface area (Å²) in [4.78, 5) is 12.3. The molecule has 4 fully saturated rings. The van der Waals surface area contributed by atoms with E-state index in [0.29, 0.717) is 5.92 Å². The molecule has 0 spiro atoms. The second-order valence-corrected chi connectivity index (χ2v) is 9.97. The van der Waals surface area contributed by atoms with Gasteiger partial charge in [0.15, 0.2) is 5.78 Å². The van der Waals surface area contributed by atoms with Crippen molar-refractivity contribution in [2.24, 2.45) is 40.9 Å². The summed E-state index contributed by atoms with van der Waals surface area (Å²) < 4.78 is 0. The van der Waals surface area contributed by atoms with E-state index in [2.05, 4.69) is 6.92 Å². The van der Waals surface area contributed by atoms with Crippen LogP contribution in [0.5, 0.6) is 0 Å². The molecule has 0 unspecified atom stereocenters. The van der Waals surface area contributed by atoms with Crippen LogP contribution in [0.25, 0.3) is 0 Å². The van der Waals surface area contributed by atoms with Gasteiger partial charge < -0.3 is 10.2 Å². The highest BCUT2D eigenvalue weighted by molar-refractivity contribution is 5.83. The maximum atomic E-state index is 12.3. The van der Waals surface area contributed by atoms with E-state index in [4.69, 9.17) is 0 Å². The second kappa shape index (κ2) is 5.81. The van der Waals surface area contributed by atoms with Crippen LogP contribution in [0.15, 0.2) is 0 Å². The Balaban J connectivity index is 1.54. The molecule has 0 bridgehead atoms. The zero-order valence-electron chi connectivity index (χ0n) is 15.3. The molecule has 2 N–H and O–H groups in total. The number of hydrogen-bond donors (Lipinski definition) is 2. The number of aliphatic hydroxyl groups is 2. The number of fused-ring (bicyclic) bond motifs is 5. The molecule has 0 aromatic heterocycles. The molecule has 0 aliphatic heterocycles. The van der Waals surface area contributed by atoms with Crippen LogP contribution in [-0.2, 0) is 4.79 Å². The molecule has 0 aromatic rings. The third-order valence-corrected chi connectivity index (χ3v) is 8.78. The maximum Gasteiger partial charge on any atom is 0.161 e. The highest BCUT2D eigenvalue weighted by Crippen LogP contribution is 2.64. The summed E-state index contributed by atoms with van der Waals surface area (Å²) in [5.41, 5.74) is -0.308. The quantitative estimate of drug-likeness (QED) is 0.812. The van der Waals surface area contributed by atoms with Crippen LogP contribution in [0.2, 0.25) is 0 Å². The van der Waals surface area contributed by atoms with Gasteiger partial charge in [-0.3, -0.25) is 4.79 Å². The predicted molar refractivity (Wildman–Crippen MR) is 93.3 cm³/mol. The van der Waals surface area contributed by atoms with Crippen LogP contribution in [0.3, 0.4) is 0 Å². The van der Waals surface area contributed by atoms with E-state index in [9.17, 15) is 15.0 Å². The minimum atomic E-state index is -0.441. The normalized spacial score (nSPS) is 53.8. The van der Waals surface area contributed by atoms with Crippen molar-refractivity contribution in [1.82, 2.24) is 0 Å². The number of rotatable bonds is 2. The van der Waals surface area contributed by atoms with Crippen LogP contribution in [0.4, 0.5) is 0 Å². The van der Waals surface area contributed by atoms with Crippen molar-refractivity contribution in [3.63, 3.8) is 0 Å². The number of Topliss-reactive ketones (excluding diaryl/α,β-unsaturated/α-hetero) is 1. The van der Waals surface area contributed by atoms with E-state index >= 15 is 0 Å². The molecule has 24 heavy (non-hydrogen) atoms. The lowest BCUT2D eigenvalue weighted by Gasteiger charge is -2.56. The number of hydrogen-bond acceptors (Lipinski definition) is 3. The highest BCUT2D eigenvalue weighted by Gasteiger charge is 2.58. The van der Waals surface area contributed by atoms with Gasteiger partial charge in [-0.1, -0.05) is 6.92 Å². The van der Waals surface area contributed by atoms with Gasteiger partial charge in [-0.25, -0.2) is 0 Å². The Morgan fingerprint density at radius 2 is 1.71 bits per heavy atom. The van der Waals surface area contributed by atoms with Gasteiger partial charge >= 0.3 is 0 Å². The van der Waals surface area contributed by atoms with Gasteiger partial charge in [0.05, 0.1) is 5.60 Å². The maximum absolute atomic E-state index is 12.3. The third kappa shape index (κ3) is 2.49. The molecule has 0 amide bonds. The standard InChI is InChI=1S/C21H34O3/c1-20(24)9-7-14-13(11-20)3-4-16-15(14)8-10-21(2)17(16)5-6-18(21)19(23)12-22/h13-18,22,24H,3-12H2,1-2H3/t13-,14-,15+,16+,17-,18+,20-,21-/m0/s1.